The second-order valence-corrected chi connectivity index (χ2v) is 8.21. The molecular weight excluding hydrogens is 377 g/mol. The van der Waals surface area contributed by atoms with E-state index in [-0.39, 0.29) is 17.3 Å². The third kappa shape index (κ3) is 2.83. The van der Waals surface area contributed by atoms with Crippen molar-refractivity contribution in [2.45, 2.75) is 18.9 Å². The molecule has 2 aliphatic heterocycles. The van der Waals surface area contributed by atoms with Crippen molar-refractivity contribution in [3.8, 4) is 0 Å². The lowest BCUT2D eigenvalue weighted by molar-refractivity contribution is -0.142. The number of β-lactam (4-membered cyclic amide) rings is 1. The Bertz CT molecular complexity index is 825. The normalized spacial score (nSPS) is 21.9. The van der Waals surface area contributed by atoms with E-state index < -0.39 is 14.0 Å². The Morgan fingerprint density at radius 3 is 2.46 bits per heavy atom. The maximum atomic E-state index is 13.2. The lowest BCUT2D eigenvalue weighted by atomic mass is 9.62. The van der Waals surface area contributed by atoms with Crippen molar-refractivity contribution in [1.82, 2.24) is 5.32 Å². The van der Waals surface area contributed by atoms with Crippen LogP contribution in [-0.4, -0.2) is 19.0 Å². The van der Waals surface area contributed by atoms with Crippen LogP contribution in [0.4, 0.5) is 14.1 Å². The number of anilines is 1. The average molecular weight is 395 g/mol. The lowest BCUT2D eigenvalue weighted by Gasteiger charge is -2.58. The first kappa shape index (κ1) is 17.8. The molecule has 3 nitrogen and oxygen atoms in total. The Kier molecular flexibility index (Phi) is 4.72. The molecule has 7 heteroatoms. The molecule has 2 saturated heterocycles. The summed E-state index contributed by atoms with van der Waals surface area (Å²) in [5.41, 5.74) is 1.06. The van der Waals surface area contributed by atoms with Gasteiger partial charge in [0.15, 0.2) is 0 Å². The quantitative estimate of drug-likeness (QED) is 0.606. The molecule has 2 aromatic rings. The van der Waals surface area contributed by atoms with E-state index in [9.17, 15) is 13.2 Å². The number of hydrogen-bond acceptors (Lipinski definition) is 2. The van der Waals surface area contributed by atoms with Crippen molar-refractivity contribution in [2.24, 2.45) is 5.41 Å². The van der Waals surface area contributed by atoms with Crippen molar-refractivity contribution in [2.75, 3.05) is 18.0 Å². The van der Waals surface area contributed by atoms with Gasteiger partial charge in [-0.05, 0) is 61.8 Å². The number of nitrogens with zero attached hydrogens (tertiary/aromatic N) is 1. The maximum Gasteiger partial charge on any atom is 0.298 e. The van der Waals surface area contributed by atoms with E-state index in [1.165, 1.54) is 12.1 Å². The molecule has 1 spiro atoms. The van der Waals surface area contributed by atoms with Crippen LogP contribution in [0.3, 0.4) is 0 Å². The predicted molar refractivity (Wildman–Crippen MR) is 101 cm³/mol. The fourth-order valence-corrected chi connectivity index (χ4v) is 4.70. The molecule has 4 rings (SSSR count). The summed E-state index contributed by atoms with van der Waals surface area (Å²) in [7, 11) is -3.19. The van der Waals surface area contributed by atoms with Crippen LogP contribution in [0, 0.1) is 5.41 Å². The second-order valence-electron chi connectivity index (χ2n) is 6.79. The minimum atomic E-state index is -3.19. The molecule has 1 unspecified atom stereocenters. The molecule has 1 atom stereocenters. The van der Waals surface area contributed by atoms with Crippen molar-refractivity contribution < 1.29 is 13.2 Å². The van der Waals surface area contributed by atoms with Crippen LogP contribution >= 0.6 is 20.1 Å². The van der Waals surface area contributed by atoms with Crippen LogP contribution < -0.4 is 15.5 Å². The molecule has 2 aromatic carbocycles. The van der Waals surface area contributed by atoms with Gasteiger partial charge in [-0.15, -0.1) is 0 Å². The Morgan fingerprint density at radius 1 is 1.12 bits per heavy atom. The Hall–Kier alpha value is -1.55. The van der Waals surface area contributed by atoms with E-state index in [0.29, 0.717) is 10.7 Å². The van der Waals surface area contributed by atoms with Gasteiger partial charge in [-0.2, -0.15) is 8.39 Å². The SMILES string of the molecule is O=C1N(c2cccc(P(F)F)c2)C(c2ccc(Cl)cc2)C12CCNCC2. The van der Waals surface area contributed by atoms with E-state index >= 15 is 0 Å². The molecule has 136 valence electrons. The van der Waals surface area contributed by atoms with Gasteiger partial charge in [0.25, 0.3) is 8.54 Å². The van der Waals surface area contributed by atoms with E-state index in [1.807, 2.05) is 24.3 Å². The minimum absolute atomic E-state index is 0.00795. The monoisotopic (exact) mass is 394 g/mol. The first-order chi connectivity index (χ1) is 12.5. The van der Waals surface area contributed by atoms with Gasteiger partial charge in [0.05, 0.1) is 11.5 Å². The topological polar surface area (TPSA) is 32.3 Å². The van der Waals surface area contributed by atoms with Crippen LogP contribution in [0.15, 0.2) is 48.5 Å². The van der Waals surface area contributed by atoms with Gasteiger partial charge in [0.2, 0.25) is 5.91 Å². The number of halogens is 3. The molecule has 0 aromatic heterocycles. The number of carbonyl (C=O) groups is 1. The average Bonchev–Trinajstić information content (AvgIpc) is 2.67. The summed E-state index contributed by atoms with van der Waals surface area (Å²) < 4.78 is 26.4. The molecule has 0 bridgehead atoms. The first-order valence-electron chi connectivity index (χ1n) is 8.54. The fourth-order valence-electron chi connectivity index (χ4n) is 4.14. The Labute approximate surface area is 157 Å². The molecule has 2 fully saturated rings. The molecule has 1 amide bonds. The molecule has 0 radical (unpaired) electrons. The highest BCUT2D eigenvalue weighted by molar-refractivity contribution is 7.55. The zero-order valence-electron chi connectivity index (χ0n) is 14.0. The predicted octanol–water partition coefficient (Wildman–Crippen LogP) is 4.67. The number of amides is 1. The third-order valence-corrected chi connectivity index (χ3v) is 6.33. The van der Waals surface area contributed by atoms with E-state index in [1.54, 1.807) is 17.0 Å². The Balaban J connectivity index is 1.77. The van der Waals surface area contributed by atoms with Gasteiger partial charge in [0.1, 0.15) is 0 Å². The summed E-state index contributed by atoms with van der Waals surface area (Å²) in [6.07, 6.45) is 1.49. The lowest BCUT2D eigenvalue weighted by Crippen LogP contribution is -2.66. The van der Waals surface area contributed by atoms with Gasteiger partial charge >= 0.3 is 0 Å². The van der Waals surface area contributed by atoms with E-state index in [4.69, 9.17) is 11.6 Å². The van der Waals surface area contributed by atoms with E-state index in [0.717, 1.165) is 31.5 Å². The number of carbonyl (C=O) groups excluding carboxylic acids is 1. The fraction of sp³-hybridized carbons (Fsp3) is 0.316. The van der Waals surface area contributed by atoms with E-state index in [2.05, 4.69) is 5.32 Å². The van der Waals surface area contributed by atoms with Gasteiger partial charge < -0.3 is 10.2 Å². The van der Waals surface area contributed by atoms with Crippen molar-refractivity contribution in [3.05, 3.63) is 59.1 Å². The number of nitrogens with one attached hydrogen (secondary N) is 1. The zero-order chi connectivity index (χ0) is 18.3. The van der Waals surface area contributed by atoms with Gasteiger partial charge in [-0.1, -0.05) is 29.8 Å². The molecule has 0 aliphatic carbocycles. The van der Waals surface area contributed by atoms with Crippen molar-refractivity contribution in [1.29, 1.82) is 0 Å². The highest BCUT2D eigenvalue weighted by Crippen LogP contribution is 2.57. The number of piperidine rings is 1. The molecular formula is C19H18ClF2N2OP. The number of benzene rings is 2. The molecule has 0 saturated carbocycles. The molecule has 26 heavy (non-hydrogen) atoms. The summed E-state index contributed by atoms with van der Waals surface area (Å²) in [6, 6.07) is 13.5. The minimum Gasteiger partial charge on any atom is -0.317 e. The number of hydrogen-bond donors (Lipinski definition) is 1. The summed E-state index contributed by atoms with van der Waals surface area (Å²) >= 11 is 6.02. The van der Waals surface area contributed by atoms with Crippen LogP contribution in [0.5, 0.6) is 0 Å². The standard InChI is InChI=1S/C19H18ClF2N2OP/c20-14-6-4-13(5-7-14)17-19(8-10-23-11-9-19)18(25)24(17)15-2-1-3-16(12-15)26(21)22/h1-7,12,17,23H,8-11H2. The van der Waals surface area contributed by atoms with Crippen LogP contribution in [0.2, 0.25) is 5.02 Å². The smallest absolute Gasteiger partial charge is 0.298 e. The largest absolute Gasteiger partial charge is 0.317 e. The second kappa shape index (κ2) is 6.88. The van der Waals surface area contributed by atoms with Crippen LogP contribution in [-0.2, 0) is 4.79 Å². The summed E-state index contributed by atoms with van der Waals surface area (Å²) in [5, 5.41) is 3.92. The zero-order valence-corrected chi connectivity index (χ0v) is 15.6. The van der Waals surface area contributed by atoms with Crippen LogP contribution in [0.1, 0.15) is 24.4 Å². The van der Waals surface area contributed by atoms with Gasteiger partial charge in [0, 0.05) is 16.0 Å². The Morgan fingerprint density at radius 2 is 1.81 bits per heavy atom. The maximum absolute atomic E-state index is 13.2. The van der Waals surface area contributed by atoms with Gasteiger partial charge in [-0.3, -0.25) is 4.79 Å². The third-order valence-electron chi connectivity index (χ3n) is 5.41. The molecule has 2 aliphatic rings. The number of rotatable bonds is 3. The van der Waals surface area contributed by atoms with Gasteiger partial charge in [-0.25, -0.2) is 0 Å². The summed E-state index contributed by atoms with van der Waals surface area (Å²) in [6.45, 7) is 1.56. The van der Waals surface area contributed by atoms with Crippen molar-refractivity contribution >= 4 is 37.0 Å². The molecule has 2 heterocycles. The molecule has 1 N–H and O–H groups in total. The van der Waals surface area contributed by atoms with Crippen molar-refractivity contribution in [3.63, 3.8) is 0 Å². The summed E-state index contributed by atoms with van der Waals surface area (Å²) in [4.78, 5) is 14.8. The first-order valence-corrected chi connectivity index (χ1v) is 10.0. The summed E-state index contributed by atoms with van der Waals surface area (Å²) in [5.74, 6) is 0.0261. The highest BCUT2D eigenvalue weighted by Gasteiger charge is 2.61. The highest BCUT2D eigenvalue weighted by atomic mass is 35.5. The van der Waals surface area contributed by atoms with Crippen LogP contribution in [0.25, 0.3) is 0 Å².